The number of benzene rings is 3. The fourth-order valence-electron chi connectivity index (χ4n) is 3.32. The monoisotopic (exact) mass is 496 g/mol. The highest BCUT2D eigenvalue weighted by Crippen LogP contribution is 2.34. The molecule has 7 nitrogen and oxygen atoms in total. The van der Waals surface area contributed by atoms with Gasteiger partial charge in [-0.2, -0.15) is 5.10 Å². The summed E-state index contributed by atoms with van der Waals surface area (Å²) in [6.45, 7) is 0. The Kier molecular flexibility index (Phi) is 6.86. The number of rotatable bonds is 6. The Hall–Kier alpha value is -3.81. The first-order valence-corrected chi connectivity index (χ1v) is 10.8. The molecule has 0 aliphatic carbocycles. The number of ether oxygens (including phenoxy) is 3. The number of carbonyl (C=O) groups excluding carboxylic acids is 2. The molecule has 0 saturated heterocycles. The standard InChI is InChI=1S/C25H18Cl2N2O5/c1-32-24(30)21-22(28-29(23(21)25(31)33-2)17-6-4-3-5-7-17)15-8-11-18(12-9-15)34-20-13-10-16(26)14-19(20)27/h3-14H,1-2H3. The van der Waals surface area contributed by atoms with Crippen LogP contribution in [0, 0.1) is 0 Å². The van der Waals surface area contributed by atoms with Crippen molar-refractivity contribution in [3.05, 3.63) is 94.1 Å². The molecule has 0 aliphatic heterocycles. The van der Waals surface area contributed by atoms with Gasteiger partial charge in [0.15, 0.2) is 5.69 Å². The highest BCUT2D eigenvalue weighted by Gasteiger charge is 2.31. The van der Waals surface area contributed by atoms with E-state index < -0.39 is 11.9 Å². The van der Waals surface area contributed by atoms with Crippen molar-refractivity contribution in [1.82, 2.24) is 9.78 Å². The normalized spacial score (nSPS) is 10.6. The number of nitrogens with zero attached hydrogens (tertiary/aromatic N) is 2. The van der Waals surface area contributed by atoms with Gasteiger partial charge in [-0.05, 0) is 54.6 Å². The first kappa shape index (κ1) is 23.4. The fraction of sp³-hybridized carbons (Fsp3) is 0.0800. The quantitative estimate of drug-likeness (QED) is 0.295. The molecule has 0 unspecified atom stereocenters. The van der Waals surface area contributed by atoms with Crippen molar-refractivity contribution in [2.45, 2.75) is 0 Å². The Morgan fingerprint density at radius 2 is 1.53 bits per heavy atom. The third kappa shape index (κ3) is 4.62. The Morgan fingerprint density at radius 3 is 2.15 bits per heavy atom. The summed E-state index contributed by atoms with van der Waals surface area (Å²) in [6.07, 6.45) is 0. The van der Waals surface area contributed by atoms with Gasteiger partial charge in [-0.25, -0.2) is 14.3 Å². The van der Waals surface area contributed by atoms with Gasteiger partial charge in [0.05, 0.1) is 24.9 Å². The van der Waals surface area contributed by atoms with Crippen LogP contribution in [-0.2, 0) is 9.47 Å². The summed E-state index contributed by atoms with van der Waals surface area (Å²) in [4.78, 5) is 25.4. The number of esters is 2. The average molecular weight is 497 g/mol. The van der Waals surface area contributed by atoms with Crippen molar-refractivity contribution in [2.75, 3.05) is 14.2 Å². The molecule has 0 bridgehead atoms. The molecule has 0 spiro atoms. The number of hydrogen-bond donors (Lipinski definition) is 0. The van der Waals surface area contributed by atoms with Gasteiger partial charge in [-0.1, -0.05) is 41.4 Å². The zero-order valence-corrected chi connectivity index (χ0v) is 19.6. The van der Waals surface area contributed by atoms with Gasteiger partial charge in [0.2, 0.25) is 0 Å². The van der Waals surface area contributed by atoms with E-state index in [4.69, 9.17) is 37.4 Å². The van der Waals surface area contributed by atoms with Crippen LogP contribution < -0.4 is 4.74 Å². The number of halogens is 2. The van der Waals surface area contributed by atoms with Crippen LogP contribution in [-0.4, -0.2) is 35.9 Å². The highest BCUT2D eigenvalue weighted by molar-refractivity contribution is 6.35. The van der Waals surface area contributed by atoms with Gasteiger partial charge in [-0.15, -0.1) is 0 Å². The van der Waals surface area contributed by atoms with Crippen molar-refractivity contribution < 1.29 is 23.8 Å². The van der Waals surface area contributed by atoms with Crippen LogP contribution in [0.1, 0.15) is 20.8 Å². The van der Waals surface area contributed by atoms with Crippen molar-refractivity contribution in [2.24, 2.45) is 0 Å². The minimum absolute atomic E-state index is 0.00684. The second-order valence-corrected chi connectivity index (χ2v) is 7.85. The third-order valence-electron chi connectivity index (χ3n) is 4.90. The molecule has 0 fully saturated rings. The molecule has 0 aliphatic rings. The molecule has 1 heterocycles. The first-order valence-electron chi connectivity index (χ1n) is 10.0. The van der Waals surface area contributed by atoms with E-state index in [0.29, 0.717) is 32.8 Å². The lowest BCUT2D eigenvalue weighted by atomic mass is 10.1. The van der Waals surface area contributed by atoms with E-state index in [1.807, 2.05) is 6.07 Å². The molecule has 9 heteroatoms. The number of para-hydroxylation sites is 1. The van der Waals surface area contributed by atoms with Crippen molar-refractivity contribution in [3.8, 4) is 28.4 Å². The maximum absolute atomic E-state index is 12.7. The van der Waals surface area contributed by atoms with E-state index in [1.54, 1.807) is 66.7 Å². The lowest BCUT2D eigenvalue weighted by Gasteiger charge is -2.09. The summed E-state index contributed by atoms with van der Waals surface area (Å²) in [5.74, 6) is -0.495. The molecule has 3 aromatic carbocycles. The van der Waals surface area contributed by atoms with E-state index in [1.165, 1.54) is 18.9 Å². The van der Waals surface area contributed by atoms with E-state index in [2.05, 4.69) is 5.10 Å². The lowest BCUT2D eigenvalue weighted by Crippen LogP contribution is -2.15. The van der Waals surface area contributed by atoms with E-state index in [-0.39, 0.29) is 17.0 Å². The van der Waals surface area contributed by atoms with Gasteiger partial charge in [0.1, 0.15) is 22.8 Å². The predicted molar refractivity (Wildman–Crippen MR) is 128 cm³/mol. The highest BCUT2D eigenvalue weighted by atomic mass is 35.5. The van der Waals surface area contributed by atoms with E-state index in [0.717, 1.165) is 0 Å². The van der Waals surface area contributed by atoms with E-state index >= 15 is 0 Å². The molecule has 34 heavy (non-hydrogen) atoms. The minimum Gasteiger partial charge on any atom is -0.465 e. The van der Waals surface area contributed by atoms with Gasteiger partial charge in [0.25, 0.3) is 0 Å². The summed E-state index contributed by atoms with van der Waals surface area (Å²) >= 11 is 12.1. The topological polar surface area (TPSA) is 79.7 Å². The molecule has 0 atom stereocenters. The number of aromatic nitrogens is 2. The van der Waals surface area contributed by atoms with Crippen LogP contribution in [0.2, 0.25) is 10.0 Å². The zero-order valence-electron chi connectivity index (χ0n) is 18.1. The summed E-state index contributed by atoms with van der Waals surface area (Å²) in [5.41, 5.74) is 1.36. The molecule has 0 N–H and O–H groups in total. The minimum atomic E-state index is -0.722. The zero-order chi connectivity index (χ0) is 24.2. The third-order valence-corrected chi connectivity index (χ3v) is 5.43. The van der Waals surface area contributed by atoms with Crippen LogP contribution in [0.25, 0.3) is 16.9 Å². The lowest BCUT2D eigenvalue weighted by molar-refractivity contribution is 0.0549. The fourth-order valence-corrected chi connectivity index (χ4v) is 3.77. The molecule has 4 aromatic rings. The molecule has 0 amide bonds. The first-order chi connectivity index (χ1) is 16.4. The van der Waals surface area contributed by atoms with Crippen LogP contribution in [0.4, 0.5) is 0 Å². The molecule has 172 valence electrons. The Balaban J connectivity index is 1.79. The Bertz CT molecular complexity index is 1350. The molecule has 4 rings (SSSR count). The smallest absolute Gasteiger partial charge is 0.357 e. The Morgan fingerprint density at radius 1 is 0.853 bits per heavy atom. The summed E-state index contributed by atoms with van der Waals surface area (Å²) in [5, 5.41) is 5.43. The average Bonchev–Trinajstić information content (AvgIpc) is 3.26. The SMILES string of the molecule is COC(=O)c1c(-c2ccc(Oc3ccc(Cl)cc3Cl)cc2)nn(-c2ccccc2)c1C(=O)OC. The molecule has 0 saturated carbocycles. The van der Waals surface area contributed by atoms with Gasteiger partial charge in [0, 0.05) is 10.6 Å². The van der Waals surface area contributed by atoms with Crippen LogP contribution in [0.15, 0.2) is 72.8 Å². The van der Waals surface area contributed by atoms with Crippen LogP contribution in [0.3, 0.4) is 0 Å². The van der Waals surface area contributed by atoms with Crippen molar-refractivity contribution in [3.63, 3.8) is 0 Å². The second kappa shape index (κ2) is 9.99. The summed E-state index contributed by atoms with van der Waals surface area (Å²) in [6, 6.07) is 20.7. The van der Waals surface area contributed by atoms with Crippen molar-refractivity contribution >= 4 is 35.1 Å². The van der Waals surface area contributed by atoms with Crippen molar-refractivity contribution in [1.29, 1.82) is 0 Å². The summed E-state index contributed by atoms with van der Waals surface area (Å²) in [7, 11) is 2.47. The van der Waals surface area contributed by atoms with Crippen LogP contribution in [0.5, 0.6) is 11.5 Å². The molecular formula is C25H18Cl2N2O5. The molecule has 0 radical (unpaired) electrons. The van der Waals surface area contributed by atoms with E-state index in [9.17, 15) is 9.59 Å². The predicted octanol–water partition coefficient (Wildman–Crippen LogP) is 6.21. The molecular weight excluding hydrogens is 479 g/mol. The number of methoxy groups -OCH3 is 2. The maximum Gasteiger partial charge on any atom is 0.357 e. The second-order valence-electron chi connectivity index (χ2n) is 7.00. The largest absolute Gasteiger partial charge is 0.465 e. The molecule has 1 aromatic heterocycles. The number of carbonyl (C=O) groups is 2. The maximum atomic E-state index is 12.7. The Labute approximate surface area is 205 Å². The van der Waals surface area contributed by atoms with Gasteiger partial charge in [-0.3, -0.25) is 0 Å². The van der Waals surface area contributed by atoms with Crippen LogP contribution >= 0.6 is 23.2 Å². The van der Waals surface area contributed by atoms with Gasteiger partial charge >= 0.3 is 11.9 Å². The summed E-state index contributed by atoms with van der Waals surface area (Å²) < 4.78 is 17.1. The van der Waals surface area contributed by atoms with Gasteiger partial charge < -0.3 is 14.2 Å². The number of hydrogen-bond acceptors (Lipinski definition) is 6.